The topological polar surface area (TPSA) is 86.6 Å². The number of rotatable bonds is 7. The molecule has 2 heterocycles. The Morgan fingerprint density at radius 3 is 2.30 bits per heavy atom. The zero-order valence-corrected chi connectivity index (χ0v) is 21.1. The van der Waals surface area contributed by atoms with E-state index in [4.69, 9.17) is 9.47 Å². The predicted octanol–water partition coefficient (Wildman–Crippen LogP) is 5.30. The standard InChI is InChI=1S/C29H24N2O5S/c1-18-7-11-20(12-8-18)25-27(26(32)22-5-3-4-6-23(22)31(25)2)36-16-15-35-21-13-9-19(10-14-21)17-24-28(33)30-29(34)37-24/h3-14,17H,15-16H2,1-2H3,(H,30,33,34)/b24-17-. The number of para-hydroxylation sites is 1. The summed E-state index contributed by atoms with van der Waals surface area (Å²) in [5, 5.41) is 2.46. The molecule has 7 nitrogen and oxygen atoms in total. The number of hydrogen-bond donors (Lipinski definition) is 1. The van der Waals surface area contributed by atoms with Crippen molar-refractivity contribution in [1.29, 1.82) is 0 Å². The van der Waals surface area contributed by atoms with Crippen molar-refractivity contribution in [3.05, 3.63) is 99.1 Å². The van der Waals surface area contributed by atoms with Crippen LogP contribution >= 0.6 is 11.8 Å². The summed E-state index contributed by atoms with van der Waals surface area (Å²) in [4.78, 5) is 36.8. The minimum absolute atomic E-state index is 0.158. The molecule has 1 aromatic heterocycles. The van der Waals surface area contributed by atoms with Gasteiger partial charge in [-0.25, -0.2) is 0 Å². The molecule has 1 fully saturated rings. The molecule has 8 heteroatoms. The van der Waals surface area contributed by atoms with Crippen molar-refractivity contribution >= 4 is 39.9 Å². The Morgan fingerprint density at radius 2 is 1.59 bits per heavy atom. The van der Waals surface area contributed by atoms with Gasteiger partial charge in [-0.1, -0.05) is 54.1 Å². The van der Waals surface area contributed by atoms with Gasteiger partial charge in [-0.2, -0.15) is 0 Å². The quantitative estimate of drug-likeness (QED) is 0.267. The SMILES string of the molecule is Cc1ccc(-c2c(OCCOc3ccc(/C=C4\SC(=O)NC4=O)cc3)c(=O)c3ccccc3n2C)cc1. The van der Waals surface area contributed by atoms with Gasteiger partial charge < -0.3 is 14.0 Å². The lowest BCUT2D eigenvalue weighted by Crippen LogP contribution is -2.18. The highest BCUT2D eigenvalue weighted by atomic mass is 32.2. The Hall–Kier alpha value is -4.30. The number of carbonyl (C=O) groups is 2. The maximum atomic E-state index is 13.4. The van der Waals surface area contributed by atoms with E-state index in [0.717, 1.165) is 34.0 Å². The highest BCUT2D eigenvalue weighted by Crippen LogP contribution is 2.31. The molecule has 0 saturated carbocycles. The van der Waals surface area contributed by atoms with E-state index in [0.29, 0.717) is 21.7 Å². The van der Waals surface area contributed by atoms with Crippen LogP contribution < -0.4 is 20.2 Å². The number of nitrogens with zero attached hydrogens (tertiary/aromatic N) is 1. The summed E-state index contributed by atoms with van der Waals surface area (Å²) in [5.74, 6) is 0.519. The molecule has 1 aliphatic heterocycles. The number of imide groups is 1. The normalized spacial score (nSPS) is 14.3. The molecule has 0 aliphatic carbocycles. The summed E-state index contributed by atoms with van der Waals surface area (Å²) in [5.41, 5.74) is 4.19. The van der Waals surface area contributed by atoms with Gasteiger partial charge >= 0.3 is 0 Å². The van der Waals surface area contributed by atoms with Crippen LogP contribution in [0, 0.1) is 6.92 Å². The van der Waals surface area contributed by atoms with E-state index >= 15 is 0 Å². The zero-order valence-electron chi connectivity index (χ0n) is 20.3. The number of carbonyl (C=O) groups excluding carboxylic acids is 2. The number of benzene rings is 3. The average Bonchev–Trinajstić information content (AvgIpc) is 3.22. The van der Waals surface area contributed by atoms with Crippen molar-refractivity contribution in [1.82, 2.24) is 9.88 Å². The Labute approximate surface area is 217 Å². The largest absolute Gasteiger partial charge is 0.490 e. The molecule has 0 atom stereocenters. The van der Waals surface area contributed by atoms with E-state index < -0.39 is 5.91 Å². The monoisotopic (exact) mass is 512 g/mol. The molecule has 3 aromatic carbocycles. The minimum atomic E-state index is -0.391. The van der Waals surface area contributed by atoms with Gasteiger partial charge in [0.1, 0.15) is 19.0 Å². The minimum Gasteiger partial charge on any atom is -0.490 e. The summed E-state index contributed by atoms with van der Waals surface area (Å²) in [6.45, 7) is 2.43. The van der Waals surface area contributed by atoms with Crippen LogP contribution in [0.2, 0.25) is 0 Å². The molecule has 2 amide bonds. The van der Waals surface area contributed by atoms with Crippen LogP contribution in [-0.2, 0) is 11.8 Å². The average molecular weight is 513 g/mol. The fourth-order valence-electron chi connectivity index (χ4n) is 4.17. The lowest BCUT2D eigenvalue weighted by atomic mass is 10.1. The van der Waals surface area contributed by atoms with Crippen LogP contribution in [0.4, 0.5) is 4.79 Å². The third kappa shape index (κ3) is 5.15. The summed E-state index contributed by atoms with van der Waals surface area (Å²) in [6, 6.07) is 22.6. The first-order chi connectivity index (χ1) is 17.9. The summed E-state index contributed by atoms with van der Waals surface area (Å²) in [7, 11) is 1.93. The van der Waals surface area contributed by atoms with Gasteiger partial charge in [0, 0.05) is 18.0 Å². The first-order valence-electron chi connectivity index (χ1n) is 11.7. The van der Waals surface area contributed by atoms with Gasteiger partial charge in [0.15, 0.2) is 5.75 Å². The highest BCUT2D eigenvalue weighted by Gasteiger charge is 2.24. The Balaban J connectivity index is 1.32. The summed E-state index contributed by atoms with van der Waals surface area (Å²) >= 11 is 0.877. The molecule has 4 aromatic rings. The van der Waals surface area contributed by atoms with Crippen LogP contribution in [0.1, 0.15) is 11.1 Å². The molecule has 0 bridgehead atoms. The third-order valence-corrected chi connectivity index (χ3v) is 6.82. The van der Waals surface area contributed by atoms with Crippen molar-refractivity contribution in [2.45, 2.75) is 6.92 Å². The molecule has 0 unspecified atom stereocenters. The van der Waals surface area contributed by atoms with Crippen molar-refractivity contribution in [3.63, 3.8) is 0 Å². The molecule has 5 rings (SSSR count). The second-order valence-electron chi connectivity index (χ2n) is 8.57. The summed E-state index contributed by atoms with van der Waals surface area (Å²) in [6.07, 6.45) is 1.65. The van der Waals surface area contributed by atoms with Crippen LogP contribution in [0.5, 0.6) is 11.5 Å². The van der Waals surface area contributed by atoms with Gasteiger partial charge in [-0.3, -0.25) is 19.7 Å². The molecule has 0 spiro atoms. The van der Waals surface area contributed by atoms with Crippen molar-refractivity contribution < 1.29 is 19.1 Å². The number of nitrogens with one attached hydrogen (secondary N) is 1. The van der Waals surface area contributed by atoms with E-state index in [-0.39, 0.29) is 29.6 Å². The zero-order chi connectivity index (χ0) is 25.9. The van der Waals surface area contributed by atoms with Gasteiger partial charge in [-0.05, 0) is 54.6 Å². The maximum Gasteiger partial charge on any atom is 0.290 e. The molecular weight excluding hydrogens is 488 g/mol. The van der Waals surface area contributed by atoms with Crippen LogP contribution in [0.15, 0.2) is 82.5 Å². The lowest BCUT2D eigenvalue weighted by molar-refractivity contribution is -0.115. The van der Waals surface area contributed by atoms with Crippen molar-refractivity contribution in [2.24, 2.45) is 7.05 Å². The second kappa shape index (κ2) is 10.4. The number of pyridine rings is 1. The van der Waals surface area contributed by atoms with E-state index in [9.17, 15) is 14.4 Å². The van der Waals surface area contributed by atoms with Crippen LogP contribution in [-0.4, -0.2) is 28.9 Å². The number of fused-ring (bicyclic) bond motifs is 1. The Morgan fingerprint density at radius 1 is 0.892 bits per heavy atom. The third-order valence-electron chi connectivity index (χ3n) is 6.01. The fourth-order valence-corrected chi connectivity index (χ4v) is 4.85. The number of aryl methyl sites for hydroxylation is 2. The Bertz CT molecular complexity index is 1590. The molecule has 1 N–H and O–H groups in total. The van der Waals surface area contributed by atoms with Gasteiger partial charge in [0.2, 0.25) is 5.43 Å². The Kier molecular flexibility index (Phi) is 6.83. The predicted molar refractivity (Wildman–Crippen MR) is 146 cm³/mol. The second-order valence-corrected chi connectivity index (χ2v) is 9.58. The van der Waals surface area contributed by atoms with Crippen LogP contribution in [0.3, 0.4) is 0 Å². The maximum absolute atomic E-state index is 13.4. The first-order valence-corrected chi connectivity index (χ1v) is 12.5. The molecule has 37 heavy (non-hydrogen) atoms. The van der Waals surface area contributed by atoms with Gasteiger partial charge in [0.05, 0.1) is 16.1 Å². The van der Waals surface area contributed by atoms with Crippen molar-refractivity contribution in [2.75, 3.05) is 13.2 Å². The number of hydrogen-bond acceptors (Lipinski definition) is 6. The molecule has 0 radical (unpaired) electrons. The van der Waals surface area contributed by atoms with E-state index in [1.54, 1.807) is 36.4 Å². The highest BCUT2D eigenvalue weighted by molar-refractivity contribution is 8.18. The van der Waals surface area contributed by atoms with E-state index in [2.05, 4.69) is 5.32 Å². The number of thioether (sulfide) groups is 1. The summed E-state index contributed by atoms with van der Waals surface area (Å²) < 4.78 is 13.9. The van der Waals surface area contributed by atoms with E-state index in [1.807, 2.05) is 61.0 Å². The number of aromatic nitrogens is 1. The van der Waals surface area contributed by atoms with Gasteiger partial charge in [-0.15, -0.1) is 0 Å². The molecule has 186 valence electrons. The van der Waals surface area contributed by atoms with Crippen molar-refractivity contribution in [3.8, 4) is 22.8 Å². The first kappa shape index (κ1) is 24.4. The molecule has 1 saturated heterocycles. The van der Waals surface area contributed by atoms with E-state index in [1.165, 1.54) is 0 Å². The lowest BCUT2D eigenvalue weighted by Gasteiger charge is -2.18. The fraction of sp³-hybridized carbons (Fsp3) is 0.138. The smallest absolute Gasteiger partial charge is 0.290 e. The molecule has 1 aliphatic rings. The van der Waals surface area contributed by atoms with Crippen LogP contribution in [0.25, 0.3) is 28.2 Å². The van der Waals surface area contributed by atoms with Gasteiger partial charge in [0.25, 0.3) is 11.1 Å². The molecular formula is C29H24N2O5S. The number of amides is 2. The number of ether oxygens (including phenoxy) is 2.